The van der Waals surface area contributed by atoms with Crippen molar-refractivity contribution in [2.45, 2.75) is 59.7 Å². The molecule has 0 aliphatic carbocycles. The van der Waals surface area contributed by atoms with Gasteiger partial charge >= 0.3 is 0 Å². The second-order valence-corrected chi connectivity index (χ2v) is 6.14. The smallest absolute Gasteiger partial charge is 0.0808 e. The van der Waals surface area contributed by atoms with Crippen molar-refractivity contribution in [2.24, 2.45) is 5.92 Å². The Balaban J connectivity index is 3.11. The first-order chi connectivity index (χ1) is 9.56. The highest BCUT2D eigenvalue weighted by Crippen LogP contribution is 2.30. The van der Waals surface area contributed by atoms with Crippen molar-refractivity contribution in [3.8, 4) is 0 Å². The summed E-state index contributed by atoms with van der Waals surface area (Å²) in [6, 6.07) is 0.159. The number of aryl methyl sites for hydroxylation is 1. The van der Waals surface area contributed by atoms with Gasteiger partial charge in [-0.3, -0.25) is 4.68 Å². The maximum absolute atomic E-state index is 6.02. The number of nitrogens with one attached hydrogen (secondary N) is 1. The van der Waals surface area contributed by atoms with E-state index in [0.29, 0.717) is 5.92 Å². The summed E-state index contributed by atoms with van der Waals surface area (Å²) in [4.78, 5) is 0. The molecule has 2 unspecified atom stereocenters. The van der Waals surface area contributed by atoms with Gasteiger partial charge in [-0.2, -0.15) is 5.10 Å². The SMILES string of the molecule is CCCNC(c1c(Br)cnn1CC)C(OCC)C(C)C. The molecule has 0 aliphatic heterocycles. The van der Waals surface area contributed by atoms with E-state index in [0.717, 1.165) is 30.6 Å². The predicted molar refractivity (Wildman–Crippen MR) is 86.9 cm³/mol. The molecule has 1 aromatic rings. The van der Waals surface area contributed by atoms with Crippen molar-refractivity contribution in [1.82, 2.24) is 15.1 Å². The second kappa shape index (κ2) is 8.80. The van der Waals surface area contributed by atoms with Gasteiger partial charge in [-0.1, -0.05) is 20.8 Å². The minimum Gasteiger partial charge on any atom is -0.376 e. The molecule has 0 saturated carbocycles. The summed E-state index contributed by atoms with van der Waals surface area (Å²) >= 11 is 3.64. The summed E-state index contributed by atoms with van der Waals surface area (Å²) in [5, 5.41) is 8.08. The van der Waals surface area contributed by atoms with Crippen LogP contribution in [0.1, 0.15) is 52.8 Å². The molecule has 1 N–H and O–H groups in total. The first kappa shape index (κ1) is 17.7. The Morgan fingerprint density at radius 1 is 1.35 bits per heavy atom. The molecule has 20 heavy (non-hydrogen) atoms. The van der Waals surface area contributed by atoms with Crippen molar-refractivity contribution in [2.75, 3.05) is 13.2 Å². The van der Waals surface area contributed by atoms with Gasteiger partial charge in [-0.15, -0.1) is 0 Å². The summed E-state index contributed by atoms with van der Waals surface area (Å²) in [5.74, 6) is 0.441. The zero-order chi connectivity index (χ0) is 15.1. The molecule has 1 heterocycles. The van der Waals surface area contributed by atoms with Crippen LogP contribution in [-0.4, -0.2) is 29.0 Å². The Hall–Kier alpha value is -0.390. The number of aromatic nitrogens is 2. The van der Waals surface area contributed by atoms with Crippen LogP contribution < -0.4 is 5.32 Å². The molecule has 1 aromatic heterocycles. The summed E-state index contributed by atoms with van der Waals surface area (Å²) in [6.45, 7) is 13.3. The number of ether oxygens (including phenoxy) is 1. The first-order valence-corrected chi connectivity index (χ1v) is 8.42. The monoisotopic (exact) mass is 345 g/mol. The zero-order valence-electron chi connectivity index (χ0n) is 13.3. The van der Waals surface area contributed by atoms with Gasteiger partial charge in [0.1, 0.15) is 0 Å². The van der Waals surface area contributed by atoms with E-state index in [4.69, 9.17) is 4.74 Å². The third kappa shape index (κ3) is 4.30. The van der Waals surface area contributed by atoms with E-state index >= 15 is 0 Å². The van der Waals surface area contributed by atoms with Crippen LogP contribution in [0.15, 0.2) is 10.7 Å². The van der Waals surface area contributed by atoms with Gasteiger partial charge in [-0.25, -0.2) is 0 Å². The van der Waals surface area contributed by atoms with Gasteiger partial charge in [0.2, 0.25) is 0 Å². The fraction of sp³-hybridized carbons (Fsp3) is 0.800. The lowest BCUT2D eigenvalue weighted by atomic mass is 9.96. The van der Waals surface area contributed by atoms with E-state index in [1.54, 1.807) is 0 Å². The van der Waals surface area contributed by atoms with E-state index in [-0.39, 0.29) is 12.1 Å². The van der Waals surface area contributed by atoms with Crippen LogP contribution in [-0.2, 0) is 11.3 Å². The minimum atomic E-state index is 0.143. The highest BCUT2D eigenvalue weighted by molar-refractivity contribution is 9.10. The summed E-state index contributed by atoms with van der Waals surface area (Å²) in [6.07, 6.45) is 3.12. The molecule has 0 aliphatic rings. The Labute approximate surface area is 131 Å². The molecule has 0 aromatic carbocycles. The molecule has 0 amide bonds. The fourth-order valence-corrected chi connectivity index (χ4v) is 3.01. The minimum absolute atomic E-state index is 0.143. The van der Waals surface area contributed by atoms with Crippen LogP contribution in [0.3, 0.4) is 0 Å². The number of hydrogen-bond donors (Lipinski definition) is 1. The number of nitrogens with zero attached hydrogens (tertiary/aromatic N) is 2. The molecule has 116 valence electrons. The molecule has 4 nitrogen and oxygen atoms in total. The molecule has 0 fully saturated rings. The van der Waals surface area contributed by atoms with E-state index in [2.05, 4.69) is 61.0 Å². The highest BCUT2D eigenvalue weighted by atomic mass is 79.9. The van der Waals surface area contributed by atoms with Crippen LogP contribution in [0.4, 0.5) is 0 Å². The van der Waals surface area contributed by atoms with Crippen LogP contribution in [0.5, 0.6) is 0 Å². The Morgan fingerprint density at radius 2 is 2.05 bits per heavy atom. The Bertz CT molecular complexity index is 392. The highest BCUT2D eigenvalue weighted by Gasteiger charge is 2.30. The lowest BCUT2D eigenvalue weighted by molar-refractivity contribution is 0.000612. The molecule has 2 atom stereocenters. The molecule has 0 spiro atoms. The Kier molecular flexibility index (Phi) is 7.77. The molecule has 1 rings (SSSR count). The first-order valence-electron chi connectivity index (χ1n) is 7.62. The Morgan fingerprint density at radius 3 is 2.55 bits per heavy atom. The summed E-state index contributed by atoms with van der Waals surface area (Å²) in [5.41, 5.74) is 1.19. The lowest BCUT2D eigenvalue weighted by Crippen LogP contribution is -2.39. The van der Waals surface area contributed by atoms with Crippen molar-refractivity contribution in [3.63, 3.8) is 0 Å². The van der Waals surface area contributed by atoms with Gasteiger partial charge in [-0.05, 0) is 48.7 Å². The average Bonchev–Trinajstić information content (AvgIpc) is 2.79. The molecule has 0 saturated heterocycles. The van der Waals surface area contributed by atoms with Gasteiger partial charge in [0.15, 0.2) is 0 Å². The number of rotatable bonds is 9. The van der Waals surface area contributed by atoms with Gasteiger partial charge in [0, 0.05) is 13.2 Å². The van der Waals surface area contributed by atoms with Crippen molar-refractivity contribution in [1.29, 1.82) is 0 Å². The second-order valence-electron chi connectivity index (χ2n) is 5.29. The lowest BCUT2D eigenvalue weighted by Gasteiger charge is -2.31. The fourth-order valence-electron chi connectivity index (χ4n) is 2.47. The molecular formula is C15H28BrN3O. The van der Waals surface area contributed by atoms with Crippen molar-refractivity contribution in [3.05, 3.63) is 16.4 Å². The van der Waals surface area contributed by atoms with Crippen LogP contribution >= 0.6 is 15.9 Å². The molecule has 0 bridgehead atoms. The molecule has 0 radical (unpaired) electrons. The predicted octanol–water partition coefficient (Wildman–Crippen LogP) is 3.77. The molecular weight excluding hydrogens is 318 g/mol. The van der Waals surface area contributed by atoms with E-state index in [1.807, 2.05) is 10.9 Å². The van der Waals surface area contributed by atoms with Crippen LogP contribution in [0, 0.1) is 5.92 Å². The molecule has 5 heteroatoms. The van der Waals surface area contributed by atoms with E-state index < -0.39 is 0 Å². The third-order valence-electron chi connectivity index (χ3n) is 3.39. The summed E-state index contributed by atoms with van der Waals surface area (Å²) in [7, 11) is 0. The topological polar surface area (TPSA) is 39.1 Å². The van der Waals surface area contributed by atoms with Crippen molar-refractivity contribution >= 4 is 15.9 Å². The standard InChI is InChI=1S/C15H28BrN3O/c1-6-9-17-13(15(11(4)5)20-8-3)14-12(16)10-18-19(14)7-2/h10-11,13,15,17H,6-9H2,1-5H3. The summed E-state index contributed by atoms with van der Waals surface area (Å²) < 4.78 is 9.12. The maximum atomic E-state index is 6.02. The largest absolute Gasteiger partial charge is 0.376 e. The van der Waals surface area contributed by atoms with Gasteiger partial charge in [0.25, 0.3) is 0 Å². The van der Waals surface area contributed by atoms with E-state index in [9.17, 15) is 0 Å². The zero-order valence-corrected chi connectivity index (χ0v) is 14.9. The van der Waals surface area contributed by atoms with E-state index in [1.165, 1.54) is 5.69 Å². The van der Waals surface area contributed by atoms with Gasteiger partial charge in [0.05, 0.1) is 28.5 Å². The normalized spacial score (nSPS) is 14.8. The number of hydrogen-bond acceptors (Lipinski definition) is 3. The van der Waals surface area contributed by atoms with Gasteiger partial charge < -0.3 is 10.1 Å². The van der Waals surface area contributed by atoms with Crippen LogP contribution in [0.25, 0.3) is 0 Å². The average molecular weight is 346 g/mol. The van der Waals surface area contributed by atoms with Crippen LogP contribution in [0.2, 0.25) is 0 Å². The number of halogens is 1. The maximum Gasteiger partial charge on any atom is 0.0808 e. The van der Waals surface area contributed by atoms with Crippen molar-refractivity contribution < 1.29 is 4.74 Å². The quantitative estimate of drug-likeness (QED) is 0.740. The third-order valence-corrected chi connectivity index (χ3v) is 4.00.